The minimum absolute atomic E-state index is 0.130. The molecular formula is C24H23F5N4O2. The molecule has 2 fully saturated rings. The zero-order valence-electron chi connectivity index (χ0n) is 18.8. The Morgan fingerprint density at radius 3 is 2.43 bits per heavy atom. The normalized spacial score (nSPS) is 23.9. The topological polar surface area (TPSA) is 64.5 Å². The maximum atomic E-state index is 15.6. The third-order valence-corrected chi connectivity index (χ3v) is 7.54. The maximum absolute atomic E-state index is 15.6. The number of alkyl halides is 3. The van der Waals surface area contributed by atoms with E-state index < -0.39 is 47.8 Å². The third-order valence-electron chi connectivity index (χ3n) is 7.54. The summed E-state index contributed by atoms with van der Waals surface area (Å²) in [5, 5.41) is 3.20. The van der Waals surface area contributed by atoms with E-state index >= 15 is 8.78 Å². The molecule has 35 heavy (non-hydrogen) atoms. The summed E-state index contributed by atoms with van der Waals surface area (Å²) in [5.74, 6) is -2.51. The standard InChI is InChI=1S/C24H23F5N4O2/c1-12-4-15-14(2-3-18-21(15)35-22(34)31-18)20(33(12)11-24(27,28)29)19-16(25)5-13(6-17(19)26)32-9-23(10-32)7-30-8-23/h2-3,5-6,12,20,30H,4,7-11H2,1H3,(H,31,34)/t12-,20+/m1/s1. The molecule has 4 heterocycles. The van der Waals surface area contributed by atoms with Crippen molar-refractivity contribution in [2.75, 3.05) is 37.6 Å². The van der Waals surface area contributed by atoms with Crippen molar-refractivity contribution >= 4 is 16.8 Å². The van der Waals surface area contributed by atoms with Crippen LogP contribution < -0.4 is 16.0 Å². The van der Waals surface area contributed by atoms with Gasteiger partial charge in [-0.1, -0.05) is 6.07 Å². The lowest BCUT2D eigenvalue weighted by Gasteiger charge is -2.57. The Labute approximate surface area is 196 Å². The van der Waals surface area contributed by atoms with Gasteiger partial charge in [0.05, 0.1) is 18.1 Å². The number of aromatic nitrogens is 1. The van der Waals surface area contributed by atoms with Gasteiger partial charge in [-0.2, -0.15) is 13.2 Å². The predicted octanol–water partition coefficient (Wildman–Crippen LogP) is 3.71. The summed E-state index contributed by atoms with van der Waals surface area (Å²) in [6.07, 6.45) is -4.45. The second-order valence-electron chi connectivity index (χ2n) is 10.1. The second-order valence-corrected chi connectivity index (χ2v) is 10.1. The zero-order chi connectivity index (χ0) is 24.7. The smallest absolute Gasteiger partial charge is 0.408 e. The summed E-state index contributed by atoms with van der Waals surface area (Å²) in [6, 6.07) is 3.35. The van der Waals surface area contributed by atoms with Crippen molar-refractivity contribution in [3.63, 3.8) is 0 Å². The van der Waals surface area contributed by atoms with Crippen LogP contribution in [0.25, 0.3) is 11.1 Å². The highest BCUT2D eigenvalue weighted by Gasteiger charge is 2.48. The van der Waals surface area contributed by atoms with Crippen LogP contribution in [0.3, 0.4) is 0 Å². The quantitative estimate of drug-likeness (QED) is 0.544. The van der Waals surface area contributed by atoms with E-state index in [2.05, 4.69) is 10.3 Å². The van der Waals surface area contributed by atoms with E-state index in [1.165, 1.54) is 24.3 Å². The van der Waals surface area contributed by atoms with Gasteiger partial charge < -0.3 is 14.6 Å². The Kier molecular flexibility index (Phi) is 4.85. The van der Waals surface area contributed by atoms with Crippen molar-refractivity contribution < 1.29 is 26.4 Å². The molecule has 2 saturated heterocycles. The first-order chi connectivity index (χ1) is 16.5. The van der Waals surface area contributed by atoms with E-state index in [0.29, 0.717) is 29.9 Å². The molecule has 0 radical (unpaired) electrons. The highest BCUT2D eigenvalue weighted by atomic mass is 19.4. The number of nitrogens with one attached hydrogen (secondary N) is 2. The molecule has 0 saturated carbocycles. The number of halogens is 5. The molecule has 2 atom stereocenters. The number of hydrogen-bond acceptors (Lipinski definition) is 5. The molecule has 0 aliphatic carbocycles. The number of nitrogens with zero attached hydrogens (tertiary/aromatic N) is 2. The van der Waals surface area contributed by atoms with E-state index in [0.717, 1.165) is 18.0 Å². The maximum Gasteiger partial charge on any atom is 0.417 e. The van der Waals surface area contributed by atoms with Gasteiger partial charge >= 0.3 is 11.9 Å². The molecule has 186 valence electrons. The molecule has 6 nitrogen and oxygen atoms in total. The summed E-state index contributed by atoms with van der Waals surface area (Å²) < 4.78 is 77.1. The van der Waals surface area contributed by atoms with Gasteiger partial charge in [-0.3, -0.25) is 9.88 Å². The molecule has 0 bridgehead atoms. The molecule has 11 heteroatoms. The van der Waals surface area contributed by atoms with Crippen LogP contribution in [0, 0.1) is 17.0 Å². The average molecular weight is 494 g/mol. The SMILES string of the molecule is C[C@@H]1Cc2c(ccc3[nH]c(=O)oc23)[C@@H](c2c(F)cc(N3CC4(CNC4)C3)cc2F)N1CC(F)(F)F. The third kappa shape index (κ3) is 3.63. The van der Waals surface area contributed by atoms with Gasteiger partial charge in [-0.15, -0.1) is 0 Å². The first-order valence-corrected chi connectivity index (χ1v) is 11.5. The lowest BCUT2D eigenvalue weighted by Crippen LogP contribution is -2.71. The Morgan fingerprint density at radius 1 is 1.14 bits per heavy atom. The van der Waals surface area contributed by atoms with Gasteiger partial charge in [0.15, 0.2) is 5.58 Å². The van der Waals surface area contributed by atoms with Crippen LogP contribution in [0.5, 0.6) is 0 Å². The van der Waals surface area contributed by atoms with Gasteiger partial charge in [-0.05, 0) is 37.1 Å². The molecule has 0 unspecified atom stereocenters. The summed E-state index contributed by atoms with van der Waals surface area (Å²) >= 11 is 0. The summed E-state index contributed by atoms with van der Waals surface area (Å²) in [7, 11) is 0. The Balaban J connectivity index is 1.46. The highest BCUT2D eigenvalue weighted by molar-refractivity contribution is 5.78. The first-order valence-electron chi connectivity index (χ1n) is 11.5. The van der Waals surface area contributed by atoms with Crippen molar-refractivity contribution in [1.82, 2.24) is 15.2 Å². The molecule has 3 aromatic rings. The lowest BCUT2D eigenvalue weighted by molar-refractivity contribution is -0.155. The Bertz CT molecular complexity index is 1350. The van der Waals surface area contributed by atoms with Crippen molar-refractivity contribution in [3.05, 3.63) is 63.1 Å². The van der Waals surface area contributed by atoms with E-state index in [-0.39, 0.29) is 23.0 Å². The number of aromatic amines is 1. The van der Waals surface area contributed by atoms with Crippen molar-refractivity contribution in [1.29, 1.82) is 0 Å². The fourth-order valence-electron chi connectivity index (χ4n) is 5.84. The van der Waals surface area contributed by atoms with Gasteiger partial charge in [0.2, 0.25) is 0 Å². The van der Waals surface area contributed by atoms with Crippen LogP contribution in [-0.2, 0) is 6.42 Å². The van der Waals surface area contributed by atoms with Crippen molar-refractivity contribution in [3.8, 4) is 0 Å². The fourth-order valence-corrected chi connectivity index (χ4v) is 5.84. The summed E-state index contributed by atoms with van der Waals surface area (Å²) in [5.41, 5.74) is 1.42. The minimum Gasteiger partial charge on any atom is -0.408 e. The van der Waals surface area contributed by atoms with E-state index in [1.807, 2.05) is 4.90 Å². The molecule has 2 N–H and O–H groups in total. The number of anilines is 1. The molecule has 6 rings (SSSR count). The molecule has 3 aliphatic rings. The first kappa shape index (κ1) is 22.5. The summed E-state index contributed by atoms with van der Waals surface area (Å²) in [4.78, 5) is 17.2. The van der Waals surface area contributed by atoms with Crippen LogP contribution >= 0.6 is 0 Å². The van der Waals surface area contributed by atoms with Crippen LogP contribution in [-0.4, -0.2) is 54.8 Å². The number of oxazole rings is 1. The molecule has 0 amide bonds. The van der Waals surface area contributed by atoms with E-state index in [9.17, 15) is 18.0 Å². The Hall–Kier alpha value is -2.92. The second kappa shape index (κ2) is 7.54. The number of fused-ring (bicyclic) bond motifs is 3. The molecule has 1 aromatic heterocycles. The van der Waals surface area contributed by atoms with Crippen LogP contribution in [0.4, 0.5) is 27.6 Å². The average Bonchev–Trinajstić information content (AvgIpc) is 3.07. The minimum atomic E-state index is -4.58. The highest BCUT2D eigenvalue weighted by Crippen LogP contribution is 2.45. The molecule has 1 spiro atoms. The number of rotatable bonds is 3. The molecular weight excluding hydrogens is 471 g/mol. The number of hydrogen-bond donors (Lipinski definition) is 2. The van der Waals surface area contributed by atoms with E-state index in [1.54, 1.807) is 6.92 Å². The summed E-state index contributed by atoms with van der Waals surface area (Å²) in [6.45, 7) is 3.30. The molecule has 3 aliphatic heterocycles. The fraction of sp³-hybridized carbons (Fsp3) is 0.458. The number of benzene rings is 2. The lowest BCUT2D eigenvalue weighted by atomic mass is 9.74. The number of H-pyrrole nitrogens is 1. The van der Waals surface area contributed by atoms with Crippen LogP contribution in [0.1, 0.15) is 29.7 Å². The zero-order valence-corrected chi connectivity index (χ0v) is 18.8. The van der Waals surface area contributed by atoms with Gasteiger partial charge in [0.1, 0.15) is 11.6 Å². The predicted molar refractivity (Wildman–Crippen MR) is 118 cm³/mol. The monoisotopic (exact) mass is 494 g/mol. The van der Waals surface area contributed by atoms with Crippen molar-refractivity contribution in [2.24, 2.45) is 5.41 Å². The van der Waals surface area contributed by atoms with Gasteiger partial charge in [0.25, 0.3) is 0 Å². The van der Waals surface area contributed by atoms with Crippen LogP contribution in [0.15, 0.2) is 33.5 Å². The Morgan fingerprint density at radius 2 is 1.83 bits per heavy atom. The van der Waals surface area contributed by atoms with E-state index in [4.69, 9.17) is 4.42 Å². The largest absolute Gasteiger partial charge is 0.417 e. The van der Waals surface area contributed by atoms with Crippen LogP contribution in [0.2, 0.25) is 0 Å². The van der Waals surface area contributed by atoms with Gasteiger partial charge in [-0.25, -0.2) is 13.6 Å². The van der Waals surface area contributed by atoms with Gasteiger partial charge in [0, 0.05) is 54.5 Å². The molecule has 2 aromatic carbocycles. The van der Waals surface area contributed by atoms with Crippen molar-refractivity contribution in [2.45, 2.75) is 31.6 Å².